The van der Waals surface area contributed by atoms with Crippen LogP contribution in [0.25, 0.3) is 10.9 Å². The predicted octanol–water partition coefficient (Wildman–Crippen LogP) is 3.30. The highest BCUT2D eigenvalue weighted by molar-refractivity contribution is 7.89. The van der Waals surface area contributed by atoms with Gasteiger partial charge in [0.15, 0.2) is 11.6 Å². The number of sulfonamides is 1. The van der Waals surface area contributed by atoms with Gasteiger partial charge in [0.25, 0.3) is 0 Å². The van der Waals surface area contributed by atoms with Gasteiger partial charge in [-0.2, -0.15) is 4.31 Å². The molecule has 3 aromatic rings. The molecule has 0 saturated carbocycles. The first-order valence-electron chi connectivity index (χ1n) is 8.72. The van der Waals surface area contributed by atoms with Crippen molar-refractivity contribution in [1.29, 1.82) is 0 Å². The quantitative estimate of drug-likeness (QED) is 0.605. The Kier molecular flexibility index (Phi) is 4.91. The van der Waals surface area contributed by atoms with Gasteiger partial charge >= 0.3 is 0 Å². The maximum Gasteiger partial charge on any atom is 0.243 e. The van der Waals surface area contributed by atoms with E-state index in [4.69, 9.17) is 0 Å². The van der Waals surface area contributed by atoms with Crippen LogP contribution < -0.4 is 4.90 Å². The molecule has 0 amide bonds. The van der Waals surface area contributed by atoms with Crippen LogP contribution >= 0.6 is 0 Å². The Hall–Kier alpha value is -2.72. The van der Waals surface area contributed by atoms with Crippen molar-refractivity contribution in [3.05, 3.63) is 65.9 Å². The van der Waals surface area contributed by atoms with Gasteiger partial charge in [0, 0.05) is 32.4 Å². The predicted molar refractivity (Wildman–Crippen MR) is 99.0 cm³/mol. The molecule has 0 radical (unpaired) electrons. The maximum absolute atomic E-state index is 14.3. The molecule has 2 aromatic carbocycles. The van der Waals surface area contributed by atoms with E-state index in [1.807, 2.05) is 0 Å². The Morgan fingerprint density at radius 1 is 0.793 bits per heavy atom. The Labute approximate surface area is 164 Å². The van der Waals surface area contributed by atoms with Crippen molar-refractivity contribution in [2.24, 2.45) is 0 Å². The van der Waals surface area contributed by atoms with Crippen LogP contribution in [-0.2, 0) is 10.0 Å². The third-order valence-electron chi connectivity index (χ3n) is 4.88. The Balaban J connectivity index is 1.60. The molecule has 152 valence electrons. The lowest BCUT2D eigenvalue weighted by Crippen LogP contribution is -2.48. The van der Waals surface area contributed by atoms with E-state index in [0.29, 0.717) is 11.8 Å². The van der Waals surface area contributed by atoms with Crippen LogP contribution in [0, 0.1) is 23.3 Å². The smallest absolute Gasteiger partial charge is 0.243 e. The highest BCUT2D eigenvalue weighted by atomic mass is 32.2. The van der Waals surface area contributed by atoms with Gasteiger partial charge < -0.3 is 4.90 Å². The second kappa shape index (κ2) is 7.27. The molecule has 0 aliphatic carbocycles. The zero-order chi connectivity index (χ0) is 20.8. The minimum absolute atomic E-state index is 0.0319. The molecule has 0 atom stereocenters. The second-order valence-corrected chi connectivity index (χ2v) is 8.49. The summed E-state index contributed by atoms with van der Waals surface area (Å²) in [5.74, 6) is -3.65. The SMILES string of the molecule is O=S(=O)(c1ccc(F)c(F)c1)N1CCN(c2ccnc3c(F)ccc(F)c23)CC1. The summed E-state index contributed by atoms with van der Waals surface area (Å²) in [6.07, 6.45) is 1.37. The summed E-state index contributed by atoms with van der Waals surface area (Å²) in [6, 6.07) is 5.98. The Morgan fingerprint density at radius 3 is 2.14 bits per heavy atom. The average molecular weight is 425 g/mol. The van der Waals surface area contributed by atoms with E-state index in [0.717, 1.165) is 28.6 Å². The zero-order valence-electron chi connectivity index (χ0n) is 14.9. The number of aromatic nitrogens is 1. The van der Waals surface area contributed by atoms with Gasteiger partial charge in [-0.25, -0.2) is 26.0 Å². The third-order valence-corrected chi connectivity index (χ3v) is 6.77. The monoisotopic (exact) mass is 425 g/mol. The van der Waals surface area contributed by atoms with Crippen LogP contribution in [-0.4, -0.2) is 43.9 Å². The number of piperazine rings is 1. The molecular formula is C19H15F4N3O2S. The molecular weight excluding hydrogens is 410 g/mol. The van der Waals surface area contributed by atoms with Crippen LogP contribution in [0.4, 0.5) is 23.2 Å². The third kappa shape index (κ3) is 3.42. The Morgan fingerprint density at radius 2 is 1.45 bits per heavy atom. The lowest BCUT2D eigenvalue weighted by atomic mass is 10.1. The molecule has 0 spiro atoms. The first kappa shape index (κ1) is 19.6. The minimum atomic E-state index is -4.01. The number of nitrogens with zero attached hydrogens (tertiary/aromatic N) is 3. The number of rotatable bonds is 3. The van der Waals surface area contributed by atoms with Gasteiger partial charge in [0.2, 0.25) is 10.0 Å². The summed E-state index contributed by atoms with van der Waals surface area (Å²) in [7, 11) is -4.01. The van der Waals surface area contributed by atoms with Crippen molar-refractivity contribution < 1.29 is 26.0 Å². The summed E-state index contributed by atoms with van der Waals surface area (Å²) < 4.78 is 81.4. The molecule has 0 bridgehead atoms. The highest BCUT2D eigenvalue weighted by Crippen LogP contribution is 2.31. The van der Waals surface area contributed by atoms with Crippen molar-refractivity contribution in [3.63, 3.8) is 0 Å². The molecule has 5 nitrogen and oxygen atoms in total. The molecule has 1 aliphatic heterocycles. The molecule has 1 aromatic heterocycles. The lowest BCUT2D eigenvalue weighted by molar-refractivity contribution is 0.384. The van der Waals surface area contributed by atoms with Gasteiger partial charge in [0.1, 0.15) is 17.2 Å². The zero-order valence-corrected chi connectivity index (χ0v) is 15.8. The summed E-state index contributed by atoms with van der Waals surface area (Å²) in [6.45, 7) is 0.500. The number of hydrogen-bond acceptors (Lipinski definition) is 4. The van der Waals surface area contributed by atoms with E-state index in [-0.39, 0.29) is 42.0 Å². The molecule has 29 heavy (non-hydrogen) atoms. The van der Waals surface area contributed by atoms with Crippen LogP contribution in [0.2, 0.25) is 0 Å². The summed E-state index contributed by atoms with van der Waals surface area (Å²) >= 11 is 0. The van der Waals surface area contributed by atoms with Crippen molar-refractivity contribution in [3.8, 4) is 0 Å². The van der Waals surface area contributed by atoms with E-state index in [1.54, 1.807) is 11.0 Å². The molecule has 1 fully saturated rings. The van der Waals surface area contributed by atoms with Crippen LogP contribution in [0.3, 0.4) is 0 Å². The fraction of sp³-hybridized carbons (Fsp3) is 0.211. The summed E-state index contributed by atoms with van der Waals surface area (Å²) in [5.41, 5.74) is 0.316. The number of fused-ring (bicyclic) bond motifs is 1. The molecule has 1 saturated heterocycles. The normalized spacial score (nSPS) is 15.8. The van der Waals surface area contributed by atoms with Crippen LogP contribution in [0.5, 0.6) is 0 Å². The number of anilines is 1. The fourth-order valence-electron chi connectivity index (χ4n) is 3.40. The van der Waals surface area contributed by atoms with Gasteiger partial charge in [-0.05, 0) is 36.4 Å². The van der Waals surface area contributed by atoms with E-state index >= 15 is 0 Å². The summed E-state index contributed by atoms with van der Waals surface area (Å²) in [4.78, 5) is 5.29. The fourth-order valence-corrected chi connectivity index (χ4v) is 4.83. The Bertz CT molecular complexity index is 1200. The largest absolute Gasteiger partial charge is 0.368 e. The molecule has 0 unspecified atom stereocenters. The van der Waals surface area contributed by atoms with Gasteiger partial charge in [-0.15, -0.1) is 0 Å². The lowest BCUT2D eigenvalue weighted by Gasteiger charge is -2.35. The van der Waals surface area contributed by atoms with E-state index in [9.17, 15) is 26.0 Å². The number of pyridine rings is 1. The van der Waals surface area contributed by atoms with Crippen molar-refractivity contribution in [2.45, 2.75) is 4.90 Å². The number of hydrogen-bond donors (Lipinski definition) is 0. The van der Waals surface area contributed by atoms with E-state index in [2.05, 4.69) is 4.98 Å². The molecule has 10 heteroatoms. The van der Waals surface area contributed by atoms with Crippen LogP contribution in [0.1, 0.15) is 0 Å². The highest BCUT2D eigenvalue weighted by Gasteiger charge is 2.30. The van der Waals surface area contributed by atoms with Gasteiger partial charge in [-0.1, -0.05) is 0 Å². The van der Waals surface area contributed by atoms with E-state index in [1.165, 1.54) is 6.20 Å². The van der Waals surface area contributed by atoms with Crippen molar-refractivity contribution in [1.82, 2.24) is 9.29 Å². The molecule has 0 N–H and O–H groups in total. The molecule has 1 aliphatic rings. The van der Waals surface area contributed by atoms with Gasteiger partial charge in [0.05, 0.1) is 16.0 Å². The number of benzene rings is 2. The average Bonchev–Trinajstić information content (AvgIpc) is 2.72. The van der Waals surface area contributed by atoms with Gasteiger partial charge in [-0.3, -0.25) is 4.98 Å². The first-order chi connectivity index (χ1) is 13.8. The molecule has 4 rings (SSSR count). The number of halogens is 4. The maximum atomic E-state index is 14.3. The van der Waals surface area contributed by atoms with Crippen molar-refractivity contribution in [2.75, 3.05) is 31.1 Å². The van der Waals surface area contributed by atoms with Crippen molar-refractivity contribution >= 4 is 26.6 Å². The minimum Gasteiger partial charge on any atom is -0.368 e. The molecule has 2 heterocycles. The topological polar surface area (TPSA) is 53.5 Å². The first-order valence-corrected chi connectivity index (χ1v) is 10.2. The second-order valence-electron chi connectivity index (χ2n) is 6.55. The van der Waals surface area contributed by atoms with E-state index < -0.39 is 33.3 Å². The summed E-state index contributed by atoms with van der Waals surface area (Å²) in [5, 5.41) is 0.0319. The standard InChI is InChI=1S/C19H15F4N3O2S/c20-13-2-1-12(11-16(13)23)29(27,28)26-9-7-25(8-10-26)17-5-6-24-19-15(22)4-3-14(21)18(17)19/h1-6,11H,7-10H2. The van der Waals surface area contributed by atoms with Crippen LogP contribution in [0.15, 0.2) is 47.5 Å².